The molecule has 0 bridgehead atoms. The van der Waals surface area contributed by atoms with Gasteiger partial charge in [-0.2, -0.15) is 8.78 Å². The maximum atomic E-state index is 12.6. The summed E-state index contributed by atoms with van der Waals surface area (Å²) < 4.78 is 29.8. The van der Waals surface area contributed by atoms with E-state index in [1.165, 1.54) is 56.9 Å². The molecule has 0 unspecified atom stereocenters. The lowest BCUT2D eigenvalue weighted by molar-refractivity contribution is -0.0507. The highest BCUT2D eigenvalue weighted by atomic mass is 19.3. The Labute approximate surface area is 151 Å². The number of hydrogen-bond acceptors (Lipinski definition) is 1. The standard InChI is InChI=1S/C22H32F2O/c1-14-4-6-17(7-5-14)18-8-10-19(11-9-18)20-12-15(2)21(16(3)13-20)25-22(23)24/h12-14,17-19,22H,4-11H2,1-3H3. The second-order valence-corrected chi connectivity index (χ2v) is 8.49. The summed E-state index contributed by atoms with van der Waals surface area (Å²) in [5.74, 6) is 3.71. The monoisotopic (exact) mass is 350 g/mol. The molecule has 1 aromatic rings. The van der Waals surface area contributed by atoms with Crippen LogP contribution in [0.15, 0.2) is 12.1 Å². The van der Waals surface area contributed by atoms with E-state index in [1.807, 2.05) is 13.8 Å². The number of alkyl halides is 2. The third-order valence-corrected chi connectivity index (χ3v) is 6.66. The van der Waals surface area contributed by atoms with Crippen molar-refractivity contribution in [2.75, 3.05) is 0 Å². The zero-order chi connectivity index (χ0) is 18.0. The van der Waals surface area contributed by atoms with E-state index >= 15 is 0 Å². The third kappa shape index (κ3) is 4.54. The molecule has 0 aliphatic heterocycles. The zero-order valence-corrected chi connectivity index (χ0v) is 15.9. The van der Waals surface area contributed by atoms with Crippen LogP contribution in [0.25, 0.3) is 0 Å². The summed E-state index contributed by atoms with van der Waals surface area (Å²) in [6.07, 6.45) is 10.8. The second-order valence-electron chi connectivity index (χ2n) is 8.49. The highest BCUT2D eigenvalue weighted by molar-refractivity contribution is 5.44. The Morgan fingerprint density at radius 3 is 1.80 bits per heavy atom. The summed E-state index contributed by atoms with van der Waals surface area (Å²) in [6, 6.07) is 4.13. The minimum atomic E-state index is -2.75. The molecule has 2 aliphatic rings. The van der Waals surface area contributed by atoms with Crippen LogP contribution in [0.5, 0.6) is 5.75 Å². The molecule has 1 aromatic carbocycles. The molecule has 0 atom stereocenters. The molecule has 140 valence electrons. The van der Waals surface area contributed by atoms with Gasteiger partial charge in [0, 0.05) is 0 Å². The van der Waals surface area contributed by atoms with Crippen LogP contribution in [0.4, 0.5) is 8.78 Å². The number of ether oxygens (including phenoxy) is 1. The predicted molar refractivity (Wildman–Crippen MR) is 98.4 cm³/mol. The van der Waals surface area contributed by atoms with Gasteiger partial charge in [0.25, 0.3) is 0 Å². The number of rotatable bonds is 4. The topological polar surface area (TPSA) is 9.23 Å². The molecule has 0 N–H and O–H groups in total. The Bertz CT molecular complexity index is 544. The van der Waals surface area contributed by atoms with E-state index in [0.29, 0.717) is 11.7 Å². The lowest BCUT2D eigenvalue weighted by Gasteiger charge is -2.37. The van der Waals surface area contributed by atoms with Crippen molar-refractivity contribution >= 4 is 0 Å². The van der Waals surface area contributed by atoms with Crippen molar-refractivity contribution in [2.45, 2.75) is 84.7 Å². The van der Waals surface area contributed by atoms with Gasteiger partial charge in [0.2, 0.25) is 0 Å². The van der Waals surface area contributed by atoms with Crippen LogP contribution in [0.3, 0.4) is 0 Å². The number of hydrogen-bond donors (Lipinski definition) is 0. The Hall–Kier alpha value is -1.12. The lowest BCUT2D eigenvalue weighted by atomic mass is 9.68. The van der Waals surface area contributed by atoms with E-state index in [4.69, 9.17) is 0 Å². The van der Waals surface area contributed by atoms with Gasteiger partial charge >= 0.3 is 6.61 Å². The molecule has 25 heavy (non-hydrogen) atoms. The van der Waals surface area contributed by atoms with Crippen LogP contribution in [-0.2, 0) is 0 Å². The van der Waals surface area contributed by atoms with Crippen LogP contribution in [0, 0.1) is 31.6 Å². The average Bonchev–Trinajstić information content (AvgIpc) is 2.59. The first-order chi connectivity index (χ1) is 11.9. The van der Waals surface area contributed by atoms with Crippen molar-refractivity contribution < 1.29 is 13.5 Å². The van der Waals surface area contributed by atoms with Gasteiger partial charge in [-0.25, -0.2) is 0 Å². The molecule has 0 heterocycles. The average molecular weight is 350 g/mol. The molecule has 0 amide bonds. The van der Waals surface area contributed by atoms with E-state index in [9.17, 15) is 8.78 Å². The summed E-state index contributed by atoms with van der Waals surface area (Å²) >= 11 is 0. The van der Waals surface area contributed by atoms with Gasteiger partial charge in [-0.1, -0.05) is 31.9 Å². The number of halogens is 2. The molecule has 0 saturated heterocycles. The Morgan fingerprint density at radius 2 is 1.32 bits per heavy atom. The summed E-state index contributed by atoms with van der Waals surface area (Å²) in [5, 5.41) is 0. The molecular formula is C22H32F2O. The molecule has 0 aromatic heterocycles. The zero-order valence-electron chi connectivity index (χ0n) is 15.9. The van der Waals surface area contributed by atoms with E-state index in [1.54, 1.807) is 0 Å². The van der Waals surface area contributed by atoms with Crippen molar-refractivity contribution in [3.63, 3.8) is 0 Å². The molecule has 2 saturated carbocycles. The minimum Gasteiger partial charge on any atom is -0.434 e. The van der Waals surface area contributed by atoms with Gasteiger partial charge in [0.05, 0.1) is 0 Å². The molecule has 0 radical (unpaired) electrons. The summed E-state index contributed by atoms with van der Waals surface area (Å²) in [6.45, 7) is 3.39. The third-order valence-electron chi connectivity index (χ3n) is 6.66. The van der Waals surface area contributed by atoms with Crippen molar-refractivity contribution in [2.24, 2.45) is 17.8 Å². The molecule has 1 nitrogen and oxygen atoms in total. The fourth-order valence-electron chi connectivity index (χ4n) is 5.18. The minimum absolute atomic E-state index is 0.351. The SMILES string of the molecule is Cc1cc(C2CCC(C3CCC(C)CC3)CC2)cc(C)c1OC(F)F. The highest BCUT2D eigenvalue weighted by Gasteiger charge is 2.30. The van der Waals surface area contributed by atoms with Gasteiger partial charge in [0.1, 0.15) is 5.75 Å². The van der Waals surface area contributed by atoms with Crippen LogP contribution >= 0.6 is 0 Å². The molecule has 3 heteroatoms. The number of aryl methyl sites for hydroxylation is 2. The second kappa shape index (κ2) is 8.05. The van der Waals surface area contributed by atoms with Gasteiger partial charge in [-0.15, -0.1) is 0 Å². The van der Waals surface area contributed by atoms with Gasteiger partial charge < -0.3 is 4.74 Å². The Morgan fingerprint density at radius 1 is 0.840 bits per heavy atom. The largest absolute Gasteiger partial charge is 0.434 e. The fourth-order valence-corrected chi connectivity index (χ4v) is 5.18. The van der Waals surface area contributed by atoms with E-state index in [-0.39, 0.29) is 0 Å². The summed E-state index contributed by atoms with van der Waals surface area (Å²) in [7, 11) is 0. The van der Waals surface area contributed by atoms with Gasteiger partial charge in [-0.3, -0.25) is 0 Å². The highest BCUT2D eigenvalue weighted by Crippen LogP contribution is 2.44. The van der Waals surface area contributed by atoms with Crippen molar-refractivity contribution in [3.05, 3.63) is 28.8 Å². The number of benzene rings is 1. The lowest BCUT2D eigenvalue weighted by Crippen LogP contribution is -2.24. The van der Waals surface area contributed by atoms with Crippen molar-refractivity contribution in [1.29, 1.82) is 0 Å². The normalized spacial score (nSPS) is 30.5. The Kier molecular flexibility index (Phi) is 6.01. The molecule has 3 rings (SSSR count). The van der Waals surface area contributed by atoms with Gasteiger partial charge in [-0.05, 0) is 92.7 Å². The van der Waals surface area contributed by atoms with E-state index in [0.717, 1.165) is 28.9 Å². The predicted octanol–water partition coefficient (Wildman–Crippen LogP) is 7.00. The van der Waals surface area contributed by atoms with Crippen molar-refractivity contribution in [3.8, 4) is 5.75 Å². The maximum Gasteiger partial charge on any atom is 0.387 e. The van der Waals surface area contributed by atoms with E-state index < -0.39 is 6.61 Å². The molecule has 2 aliphatic carbocycles. The van der Waals surface area contributed by atoms with Gasteiger partial charge in [0.15, 0.2) is 0 Å². The summed E-state index contributed by atoms with van der Waals surface area (Å²) in [4.78, 5) is 0. The Balaban J connectivity index is 1.61. The van der Waals surface area contributed by atoms with Crippen LogP contribution in [-0.4, -0.2) is 6.61 Å². The first-order valence-corrected chi connectivity index (χ1v) is 10.00. The van der Waals surface area contributed by atoms with Crippen LogP contribution < -0.4 is 4.74 Å². The maximum absolute atomic E-state index is 12.6. The molecule has 2 fully saturated rings. The van der Waals surface area contributed by atoms with Crippen molar-refractivity contribution in [1.82, 2.24) is 0 Å². The molecular weight excluding hydrogens is 318 g/mol. The quantitative estimate of drug-likeness (QED) is 0.568. The first-order valence-electron chi connectivity index (χ1n) is 10.00. The first kappa shape index (κ1) is 18.7. The fraction of sp³-hybridized carbons (Fsp3) is 0.727. The van der Waals surface area contributed by atoms with Crippen LogP contribution in [0.2, 0.25) is 0 Å². The summed E-state index contributed by atoms with van der Waals surface area (Å²) in [5.41, 5.74) is 2.98. The molecule has 0 spiro atoms. The van der Waals surface area contributed by atoms with E-state index in [2.05, 4.69) is 23.8 Å². The smallest absolute Gasteiger partial charge is 0.387 e. The van der Waals surface area contributed by atoms with Crippen LogP contribution in [0.1, 0.15) is 80.9 Å².